The quantitative estimate of drug-likeness (QED) is 0.232. The summed E-state index contributed by atoms with van der Waals surface area (Å²) in [5.74, 6) is -0.237. The Kier molecular flexibility index (Phi) is 5.43. The molecular formula is C25H17Br3O3. The van der Waals surface area contributed by atoms with E-state index in [2.05, 4.69) is 47.8 Å². The Bertz CT molecular complexity index is 1160. The average Bonchev–Trinajstić information content (AvgIpc) is 3.01. The highest BCUT2D eigenvalue weighted by molar-refractivity contribution is 9.11. The lowest BCUT2D eigenvalue weighted by Gasteiger charge is -2.45. The number of Topliss-reactive ketones (excluding diaryl/α,β-unsaturated/α-hetero) is 1. The number of ketones is 1. The number of ether oxygens (including phenoxy) is 1. The molecule has 1 aliphatic carbocycles. The van der Waals surface area contributed by atoms with Gasteiger partial charge in [-0.2, -0.15) is 0 Å². The molecule has 6 heteroatoms. The number of halogens is 3. The van der Waals surface area contributed by atoms with Gasteiger partial charge < -0.3 is 4.74 Å². The topological polar surface area (TPSA) is 43.4 Å². The summed E-state index contributed by atoms with van der Waals surface area (Å²) in [6.45, 7) is 0. The van der Waals surface area contributed by atoms with Crippen molar-refractivity contribution in [2.24, 2.45) is 0 Å². The van der Waals surface area contributed by atoms with Crippen LogP contribution in [-0.4, -0.2) is 11.8 Å². The molecule has 156 valence electrons. The van der Waals surface area contributed by atoms with Crippen LogP contribution in [0, 0.1) is 0 Å². The number of esters is 1. The average molecular weight is 605 g/mol. The van der Waals surface area contributed by atoms with E-state index in [0.29, 0.717) is 18.6 Å². The minimum Gasteiger partial charge on any atom is -0.426 e. The van der Waals surface area contributed by atoms with E-state index < -0.39 is 5.41 Å². The molecule has 31 heavy (non-hydrogen) atoms. The summed E-state index contributed by atoms with van der Waals surface area (Å²) in [4.78, 5) is 26.8. The first-order valence-electron chi connectivity index (χ1n) is 9.94. The third-order valence-electron chi connectivity index (χ3n) is 6.39. The van der Waals surface area contributed by atoms with Crippen LogP contribution in [0.25, 0.3) is 0 Å². The maximum absolute atomic E-state index is 13.8. The van der Waals surface area contributed by atoms with Crippen molar-refractivity contribution in [2.75, 3.05) is 0 Å². The number of carbonyl (C=O) groups is 2. The van der Waals surface area contributed by atoms with Crippen LogP contribution in [0.2, 0.25) is 0 Å². The normalized spacial score (nSPS) is 24.9. The van der Waals surface area contributed by atoms with Crippen LogP contribution in [0.3, 0.4) is 0 Å². The maximum atomic E-state index is 13.8. The number of fused-ring (bicyclic) bond motifs is 2. The van der Waals surface area contributed by atoms with Gasteiger partial charge in [0.2, 0.25) is 0 Å². The summed E-state index contributed by atoms with van der Waals surface area (Å²) in [6.07, 6.45) is 0.587. The van der Waals surface area contributed by atoms with E-state index in [1.807, 2.05) is 66.7 Å². The minimum absolute atomic E-state index is 0.150. The number of carbonyl (C=O) groups excluding carboxylic acids is 2. The van der Waals surface area contributed by atoms with E-state index >= 15 is 0 Å². The fraction of sp³-hybridized carbons (Fsp3) is 0.200. The van der Waals surface area contributed by atoms with E-state index in [1.165, 1.54) is 0 Å². The first kappa shape index (κ1) is 21.1. The molecular weight excluding hydrogens is 588 g/mol. The Labute approximate surface area is 205 Å². The second-order valence-corrected chi connectivity index (χ2v) is 10.8. The number of rotatable bonds is 2. The van der Waals surface area contributed by atoms with Gasteiger partial charge in [-0.1, -0.05) is 72.1 Å². The van der Waals surface area contributed by atoms with Crippen LogP contribution in [0.15, 0.2) is 80.1 Å². The van der Waals surface area contributed by atoms with Gasteiger partial charge >= 0.3 is 5.97 Å². The summed E-state index contributed by atoms with van der Waals surface area (Å²) in [6, 6.07) is 21.5. The van der Waals surface area contributed by atoms with Gasteiger partial charge in [-0.15, -0.1) is 0 Å². The van der Waals surface area contributed by atoms with Crippen molar-refractivity contribution in [3.8, 4) is 5.75 Å². The summed E-state index contributed by atoms with van der Waals surface area (Å²) in [5, 5.41) is 0. The molecule has 0 N–H and O–H groups in total. The SMILES string of the molecule is O=C1C[C@H](c2cccc(Br)c2)C2(C(=O)Oc3ccc(Br)cc32)[C@H](c2cccc(Br)c2)C1. The minimum atomic E-state index is -0.991. The molecule has 3 atom stereocenters. The maximum Gasteiger partial charge on any atom is 0.323 e. The molecule has 1 aliphatic heterocycles. The van der Waals surface area contributed by atoms with Crippen molar-refractivity contribution < 1.29 is 14.3 Å². The van der Waals surface area contributed by atoms with Crippen LogP contribution in [0.1, 0.15) is 41.4 Å². The molecule has 1 fully saturated rings. The van der Waals surface area contributed by atoms with Gasteiger partial charge in [0, 0.05) is 43.7 Å². The zero-order chi connectivity index (χ0) is 21.8. The van der Waals surface area contributed by atoms with Crippen molar-refractivity contribution in [1.82, 2.24) is 0 Å². The predicted octanol–water partition coefficient (Wildman–Crippen LogP) is 7.06. The Morgan fingerprint density at radius 2 is 1.29 bits per heavy atom. The highest BCUT2D eigenvalue weighted by Crippen LogP contribution is 2.61. The molecule has 2 aliphatic rings. The number of hydrogen-bond donors (Lipinski definition) is 0. The highest BCUT2D eigenvalue weighted by Gasteiger charge is 2.62. The molecule has 3 nitrogen and oxygen atoms in total. The predicted molar refractivity (Wildman–Crippen MR) is 129 cm³/mol. The van der Waals surface area contributed by atoms with Gasteiger partial charge in [-0.05, 0) is 53.6 Å². The third kappa shape index (κ3) is 3.43. The van der Waals surface area contributed by atoms with Crippen molar-refractivity contribution in [1.29, 1.82) is 0 Å². The zero-order valence-electron chi connectivity index (χ0n) is 16.3. The molecule has 0 bridgehead atoms. The molecule has 0 aromatic heterocycles. The largest absolute Gasteiger partial charge is 0.426 e. The van der Waals surface area contributed by atoms with Gasteiger partial charge in [-0.25, -0.2) is 0 Å². The lowest BCUT2D eigenvalue weighted by atomic mass is 9.54. The third-order valence-corrected chi connectivity index (χ3v) is 7.87. The molecule has 0 amide bonds. The molecule has 3 aromatic rings. The van der Waals surface area contributed by atoms with E-state index in [9.17, 15) is 9.59 Å². The summed E-state index contributed by atoms with van der Waals surface area (Å²) in [5.41, 5.74) is 1.75. The molecule has 0 radical (unpaired) electrons. The van der Waals surface area contributed by atoms with Crippen LogP contribution >= 0.6 is 47.8 Å². The monoisotopic (exact) mass is 602 g/mol. The fourth-order valence-corrected chi connectivity index (χ4v) is 6.38. The molecule has 1 heterocycles. The Balaban J connectivity index is 1.82. The van der Waals surface area contributed by atoms with E-state index in [1.54, 1.807) is 0 Å². The second kappa shape index (κ2) is 7.98. The number of hydrogen-bond acceptors (Lipinski definition) is 3. The van der Waals surface area contributed by atoms with E-state index in [-0.39, 0.29) is 23.6 Å². The molecule has 1 unspecified atom stereocenters. The van der Waals surface area contributed by atoms with Gasteiger partial charge in [0.25, 0.3) is 0 Å². The van der Waals surface area contributed by atoms with Crippen molar-refractivity contribution in [3.05, 3.63) is 96.8 Å². The fourth-order valence-electron chi connectivity index (χ4n) is 5.18. The van der Waals surface area contributed by atoms with Crippen LogP contribution in [0.5, 0.6) is 5.75 Å². The van der Waals surface area contributed by atoms with Gasteiger partial charge in [-0.3, -0.25) is 9.59 Å². The van der Waals surface area contributed by atoms with Gasteiger partial charge in [0.1, 0.15) is 16.9 Å². The standard InChI is InChI=1S/C25H17Br3O3/c26-16-5-1-3-14(9-16)20-12-19(29)13-21(15-4-2-6-17(27)10-15)25(20)22-11-18(28)7-8-23(22)31-24(25)30/h1-11,20-21H,12-13H2/t20-,21+,25?. The van der Waals surface area contributed by atoms with Crippen LogP contribution in [-0.2, 0) is 15.0 Å². The molecule has 3 aromatic carbocycles. The molecule has 1 saturated carbocycles. The van der Waals surface area contributed by atoms with E-state index in [0.717, 1.165) is 30.1 Å². The second-order valence-electron chi connectivity index (χ2n) is 8.06. The summed E-state index contributed by atoms with van der Waals surface area (Å²) >= 11 is 10.7. The highest BCUT2D eigenvalue weighted by atomic mass is 79.9. The lowest BCUT2D eigenvalue weighted by Crippen LogP contribution is -2.49. The summed E-state index contributed by atoms with van der Waals surface area (Å²) < 4.78 is 8.57. The van der Waals surface area contributed by atoms with Crippen molar-refractivity contribution in [3.63, 3.8) is 0 Å². The summed E-state index contributed by atoms with van der Waals surface area (Å²) in [7, 11) is 0. The van der Waals surface area contributed by atoms with Crippen molar-refractivity contribution >= 4 is 59.5 Å². The molecule has 5 rings (SSSR count). The van der Waals surface area contributed by atoms with Gasteiger partial charge in [0.05, 0.1) is 0 Å². The Morgan fingerprint density at radius 1 is 0.742 bits per heavy atom. The van der Waals surface area contributed by atoms with Crippen molar-refractivity contribution in [2.45, 2.75) is 30.1 Å². The first-order valence-corrected chi connectivity index (χ1v) is 12.3. The van der Waals surface area contributed by atoms with Crippen LogP contribution in [0.4, 0.5) is 0 Å². The van der Waals surface area contributed by atoms with Crippen LogP contribution < -0.4 is 4.74 Å². The van der Waals surface area contributed by atoms with E-state index in [4.69, 9.17) is 4.74 Å². The zero-order valence-corrected chi connectivity index (χ0v) is 21.0. The Morgan fingerprint density at radius 3 is 1.84 bits per heavy atom. The first-order chi connectivity index (χ1) is 14.9. The van der Waals surface area contributed by atoms with Gasteiger partial charge in [0.15, 0.2) is 0 Å². The number of benzene rings is 3. The lowest BCUT2D eigenvalue weighted by molar-refractivity contribution is -0.142. The molecule has 1 spiro atoms. The Hall–Kier alpha value is -1.76. The smallest absolute Gasteiger partial charge is 0.323 e. The molecule has 0 saturated heterocycles.